The molecular weight excluding hydrogens is 386 g/mol. The number of nitrogens with zero attached hydrogens (tertiary/aromatic N) is 4. The van der Waals surface area contributed by atoms with E-state index in [1.165, 1.54) is 6.07 Å². The minimum absolute atomic E-state index is 0.00849. The normalized spacial score (nSPS) is 13.0. The van der Waals surface area contributed by atoms with Crippen LogP contribution in [0.3, 0.4) is 0 Å². The zero-order chi connectivity index (χ0) is 21.3. The number of carbonyl (C=O) groups is 2. The Morgan fingerprint density at radius 2 is 2.00 bits per heavy atom. The number of nitrogens with one attached hydrogen (secondary N) is 2. The van der Waals surface area contributed by atoms with E-state index in [2.05, 4.69) is 25.9 Å². The lowest BCUT2D eigenvalue weighted by Gasteiger charge is -2.16. The molecule has 0 saturated heterocycles. The van der Waals surface area contributed by atoms with Gasteiger partial charge >= 0.3 is 0 Å². The molecule has 1 aliphatic carbocycles. The van der Waals surface area contributed by atoms with Crippen LogP contribution in [-0.4, -0.2) is 38.9 Å². The van der Waals surface area contributed by atoms with Gasteiger partial charge in [0, 0.05) is 30.8 Å². The molecule has 0 bridgehead atoms. The zero-order valence-corrected chi connectivity index (χ0v) is 16.5. The average molecular weight is 407 g/mol. The summed E-state index contributed by atoms with van der Waals surface area (Å²) in [4.78, 5) is 23.9. The first-order valence-electron chi connectivity index (χ1n) is 9.38. The third-order valence-corrected chi connectivity index (χ3v) is 4.70. The summed E-state index contributed by atoms with van der Waals surface area (Å²) in [6.07, 6.45) is 3.56. The molecule has 0 atom stereocenters. The SMILES string of the molecule is COc1c(Nc2cc(NC(=O)C3CC3)nnc2C(N)=O)cccc1-c1ccn(C)n1. The van der Waals surface area contributed by atoms with Crippen molar-refractivity contribution in [2.24, 2.45) is 18.7 Å². The molecule has 1 aromatic carbocycles. The molecule has 0 unspecified atom stereocenters. The number of para-hydroxylation sites is 1. The van der Waals surface area contributed by atoms with E-state index in [0.717, 1.165) is 24.1 Å². The van der Waals surface area contributed by atoms with Crippen molar-refractivity contribution >= 4 is 29.0 Å². The van der Waals surface area contributed by atoms with Gasteiger partial charge in [-0.2, -0.15) is 5.10 Å². The molecule has 1 aliphatic rings. The minimum Gasteiger partial charge on any atom is -0.494 e. The van der Waals surface area contributed by atoms with Gasteiger partial charge in [0.15, 0.2) is 17.3 Å². The fraction of sp³-hybridized carbons (Fsp3) is 0.250. The van der Waals surface area contributed by atoms with Crippen molar-refractivity contribution in [3.8, 4) is 17.0 Å². The summed E-state index contributed by atoms with van der Waals surface area (Å²) < 4.78 is 7.31. The van der Waals surface area contributed by atoms with Crippen LogP contribution >= 0.6 is 0 Å². The van der Waals surface area contributed by atoms with Crippen molar-refractivity contribution in [2.45, 2.75) is 12.8 Å². The highest BCUT2D eigenvalue weighted by molar-refractivity contribution is 5.99. The molecule has 0 spiro atoms. The van der Waals surface area contributed by atoms with Crippen molar-refractivity contribution in [3.63, 3.8) is 0 Å². The Bertz CT molecular complexity index is 1120. The summed E-state index contributed by atoms with van der Waals surface area (Å²) in [6, 6.07) is 8.91. The van der Waals surface area contributed by atoms with Crippen LogP contribution in [0.5, 0.6) is 5.75 Å². The van der Waals surface area contributed by atoms with Crippen molar-refractivity contribution in [1.29, 1.82) is 0 Å². The van der Waals surface area contributed by atoms with Gasteiger partial charge in [0.05, 0.1) is 24.2 Å². The number of nitrogens with two attached hydrogens (primary N) is 1. The lowest BCUT2D eigenvalue weighted by Crippen LogP contribution is -2.19. The summed E-state index contributed by atoms with van der Waals surface area (Å²) in [5, 5.41) is 18.1. The number of primary amides is 1. The molecule has 4 rings (SSSR count). The lowest BCUT2D eigenvalue weighted by atomic mass is 10.1. The smallest absolute Gasteiger partial charge is 0.271 e. The number of carbonyl (C=O) groups excluding carboxylic acids is 2. The van der Waals surface area contributed by atoms with Crippen molar-refractivity contribution < 1.29 is 14.3 Å². The molecule has 0 aliphatic heterocycles. The maximum Gasteiger partial charge on any atom is 0.271 e. The van der Waals surface area contributed by atoms with Crippen molar-refractivity contribution in [2.75, 3.05) is 17.7 Å². The minimum atomic E-state index is -0.745. The van der Waals surface area contributed by atoms with Crippen molar-refractivity contribution in [1.82, 2.24) is 20.0 Å². The van der Waals surface area contributed by atoms with Gasteiger partial charge in [0.25, 0.3) is 5.91 Å². The van der Waals surface area contributed by atoms with Gasteiger partial charge in [0.2, 0.25) is 5.91 Å². The molecule has 10 nitrogen and oxygen atoms in total. The van der Waals surface area contributed by atoms with Crippen LogP contribution in [0.2, 0.25) is 0 Å². The van der Waals surface area contributed by atoms with Crippen LogP contribution in [0.1, 0.15) is 23.3 Å². The third-order valence-electron chi connectivity index (χ3n) is 4.70. The number of hydrogen-bond donors (Lipinski definition) is 3. The number of anilines is 3. The van der Waals surface area contributed by atoms with E-state index in [4.69, 9.17) is 10.5 Å². The van der Waals surface area contributed by atoms with Gasteiger partial charge in [0.1, 0.15) is 0 Å². The summed E-state index contributed by atoms with van der Waals surface area (Å²) in [5.74, 6) is -0.0813. The Hall–Kier alpha value is -3.95. The first-order chi connectivity index (χ1) is 14.5. The molecule has 0 radical (unpaired) electrons. The molecule has 10 heteroatoms. The predicted octanol–water partition coefficient (Wildman–Crippen LogP) is 2.08. The van der Waals surface area contributed by atoms with E-state index >= 15 is 0 Å². The fourth-order valence-corrected chi connectivity index (χ4v) is 3.06. The fourth-order valence-electron chi connectivity index (χ4n) is 3.06. The van der Waals surface area contributed by atoms with E-state index in [1.807, 2.05) is 31.4 Å². The number of hydrogen-bond acceptors (Lipinski definition) is 7. The second kappa shape index (κ2) is 7.82. The summed E-state index contributed by atoms with van der Waals surface area (Å²) in [7, 11) is 3.38. The van der Waals surface area contributed by atoms with Crippen LogP contribution in [0, 0.1) is 5.92 Å². The largest absolute Gasteiger partial charge is 0.494 e. The van der Waals surface area contributed by atoms with Gasteiger partial charge in [-0.15, -0.1) is 10.2 Å². The first-order valence-corrected chi connectivity index (χ1v) is 9.38. The Kier molecular flexibility index (Phi) is 5.05. The van der Waals surface area contributed by atoms with E-state index in [0.29, 0.717) is 17.1 Å². The number of rotatable bonds is 7. The molecular formula is C20H21N7O3. The highest BCUT2D eigenvalue weighted by Gasteiger charge is 2.30. The molecule has 2 heterocycles. The number of amides is 2. The third kappa shape index (κ3) is 3.93. The van der Waals surface area contributed by atoms with Crippen LogP contribution in [-0.2, 0) is 11.8 Å². The number of ether oxygens (including phenoxy) is 1. The van der Waals surface area contributed by atoms with Gasteiger partial charge in [-0.05, 0) is 31.0 Å². The average Bonchev–Trinajstić information content (AvgIpc) is 3.49. The Morgan fingerprint density at radius 3 is 2.63 bits per heavy atom. The molecule has 4 N–H and O–H groups in total. The summed E-state index contributed by atoms with van der Waals surface area (Å²) >= 11 is 0. The quantitative estimate of drug-likeness (QED) is 0.545. The van der Waals surface area contributed by atoms with Crippen LogP contribution in [0.15, 0.2) is 36.5 Å². The van der Waals surface area contributed by atoms with Crippen LogP contribution in [0.25, 0.3) is 11.3 Å². The highest BCUT2D eigenvalue weighted by Crippen LogP contribution is 2.37. The molecule has 1 saturated carbocycles. The molecule has 30 heavy (non-hydrogen) atoms. The molecule has 3 aromatic rings. The number of methoxy groups -OCH3 is 1. The summed E-state index contributed by atoms with van der Waals surface area (Å²) in [5.41, 5.74) is 7.80. The van der Waals surface area contributed by atoms with Gasteiger partial charge in [-0.1, -0.05) is 6.07 Å². The van der Waals surface area contributed by atoms with Gasteiger partial charge in [-0.25, -0.2) is 0 Å². The van der Waals surface area contributed by atoms with Crippen molar-refractivity contribution in [3.05, 3.63) is 42.2 Å². The molecule has 1 fully saturated rings. The standard InChI is InChI=1S/C20H21N7O3/c1-27-9-8-13(26-27)12-4-3-5-14(18(12)30-2)22-15-10-16(23-20(29)11-6-7-11)24-25-17(15)19(21)28/h3-5,8-11H,6-7H2,1-2H3,(H2,21,28)(H2,22,23,24,29). The Morgan fingerprint density at radius 1 is 1.20 bits per heavy atom. The summed E-state index contributed by atoms with van der Waals surface area (Å²) in [6.45, 7) is 0. The highest BCUT2D eigenvalue weighted by atomic mass is 16.5. The van der Waals surface area contributed by atoms with E-state index < -0.39 is 5.91 Å². The van der Waals surface area contributed by atoms with Gasteiger partial charge in [-0.3, -0.25) is 14.3 Å². The lowest BCUT2D eigenvalue weighted by molar-refractivity contribution is -0.117. The molecule has 154 valence electrons. The van der Waals surface area contributed by atoms with E-state index in [-0.39, 0.29) is 23.3 Å². The number of aryl methyl sites for hydroxylation is 1. The number of aromatic nitrogens is 4. The van der Waals surface area contributed by atoms with Gasteiger partial charge < -0.3 is 21.1 Å². The number of benzene rings is 1. The van der Waals surface area contributed by atoms with E-state index in [1.54, 1.807) is 17.9 Å². The topological polar surface area (TPSA) is 137 Å². The maximum atomic E-state index is 12.0. The van der Waals surface area contributed by atoms with Crippen LogP contribution < -0.4 is 21.1 Å². The second-order valence-electron chi connectivity index (χ2n) is 7.01. The maximum absolute atomic E-state index is 12.0. The monoisotopic (exact) mass is 407 g/mol. The molecule has 2 amide bonds. The first kappa shape index (κ1) is 19.4. The second-order valence-corrected chi connectivity index (χ2v) is 7.01. The predicted molar refractivity (Wildman–Crippen MR) is 110 cm³/mol. The van der Waals surface area contributed by atoms with Crippen LogP contribution in [0.4, 0.5) is 17.2 Å². The molecule has 2 aromatic heterocycles. The Balaban J connectivity index is 1.70. The van der Waals surface area contributed by atoms with E-state index in [9.17, 15) is 9.59 Å². The Labute approximate surface area is 172 Å². The zero-order valence-electron chi connectivity index (χ0n) is 16.5.